The summed E-state index contributed by atoms with van der Waals surface area (Å²) in [5.74, 6) is -0.417. The maximum Gasteiger partial charge on any atom is 0.253 e. The maximum atomic E-state index is 13.1. The molecule has 1 saturated heterocycles. The van der Waals surface area contributed by atoms with E-state index >= 15 is 0 Å². The molecular weight excluding hydrogens is 517 g/mol. The monoisotopic (exact) mass is 537 g/mol. The second-order valence-electron chi connectivity index (χ2n) is 7.61. The Balaban J connectivity index is 1.34. The van der Waals surface area contributed by atoms with Crippen LogP contribution in [0.3, 0.4) is 0 Å². The van der Waals surface area contributed by atoms with E-state index in [-0.39, 0.29) is 35.7 Å². The highest BCUT2D eigenvalue weighted by molar-refractivity contribution is 7.91. The molecule has 178 valence electrons. The van der Waals surface area contributed by atoms with Gasteiger partial charge >= 0.3 is 0 Å². The lowest BCUT2D eigenvalue weighted by atomic mass is 10.2. The number of carbonyl (C=O) groups excluding carboxylic acids is 2. The molecule has 1 aromatic heterocycles. The van der Waals surface area contributed by atoms with Crippen LogP contribution in [0.2, 0.25) is 10.0 Å². The zero-order valence-electron chi connectivity index (χ0n) is 17.9. The highest BCUT2D eigenvalue weighted by atomic mass is 35.5. The standard InChI is InChI=1S/C23H21Cl2N3O4S2/c24-18-5-1-16(2-6-18)22(29)26-15-20-9-10-21(33-20)34(31,32)28-13-11-27(12-14-28)23(30)17-3-7-19(25)8-4-17/h1-10H,11-15H2,(H,26,29). The van der Waals surface area contributed by atoms with Gasteiger partial charge in [-0.2, -0.15) is 4.31 Å². The minimum absolute atomic E-state index is 0.149. The van der Waals surface area contributed by atoms with E-state index in [9.17, 15) is 18.0 Å². The SMILES string of the molecule is O=C(NCc1ccc(S(=O)(=O)N2CCN(C(=O)c3ccc(Cl)cc3)CC2)s1)c1ccc(Cl)cc1. The number of hydrogen-bond acceptors (Lipinski definition) is 5. The van der Waals surface area contributed by atoms with Gasteiger partial charge in [0.2, 0.25) is 0 Å². The second-order valence-corrected chi connectivity index (χ2v) is 11.8. The Labute approximate surface area is 211 Å². The van der Waals surface area contributed by atoms with Crippen molar-refractivity contribution >= 4 is 56.4 Å². The molecule has 2 aromatic carbocycles. The van der Waals surface area contributed by atoms with Gasteiger partial charge in [0.25, 0.3) is 21.8 Å². The molecule has 1 N–H and O–H groups in total. The molecule has 0 unspecified atom stereocenters. The molecule has 2 amide bonds. The van der Waals surface area contributed by atoms with Gasteiger partial charge in [0.1, 0.15) is 4.21 Å². The molecule has 0 aliphatic carbocycles. The molecule has 1 aliphatic rings. The minimum atomic E-state index is -3.69. The van der Waals surface area contributed by atoms with Gasteiger partial charge in [-0.05, 0) is 60.7 Å². The third kappa shape index (κ3) is 5.61. The Hall–Kier alpha value is -2.43. The zero-order chi connectivity index (χ0) is 24.3. The topological polar surface area (TPSA) is 86.8 Å². The highest BCUT2D eigenvalue weighted by Crippen LogP contribution is 2.26. The van der Waals surface area contributed by atoms with Crippen molar-refractivity contribution in [3.8, 4) is 0 Å². The highest BCUT2D eigenvalue weighted by Gasteiger charge is 2.31. The van der Waals surface area contributed by atoms with Gasteiger partial charge in [0, 0.05) is 52.2 Å². The number of rotatable bonds is 6. The molecule has 0 spiro atoms. The summed E-state index contributed by atoms with van der Waals surface area (Å²) in [5.41, 5.74) is 0.990. The molecule has 3 aromatic rings. The number of carbonyl (C=O) groups is 2. The van der Waals surface area contributed by atoms with Crippen molar-refractivity contribution in [1.82, 2.24) is 14.5 Å². The summed E-state index contributed by atoms with van der Waals surface area (Å²) in [5, 5.41) is 3.87. The number of amides is 2. The lowest BCUT2D eigenvalue weighted by molar-refractivity contribution is 0.0698. The second kappa shape index (κ2) is 10.5. The van der Waals surface area contributed by atoms with Crippen molar-refractivity contribution in [2.45, 2.75) is 10.8 Å². The first-order chi connectivity index (χ1) is 16.2. The van der Waals surface area contributed by atoms with Crippen molar-refractivity contribution < 1.29 is 18.0 Å². The molecule has 1 aliphatic heterocycles. The molecular formula is C23H21Cl2N3O4S2. The van der Waals surface area contributed by atoms with Crippen LogP contribution in [0.4, 0.5) is 0 Å². The third-order valence-electron chi connectivity index (χ3n) is 5.38. The summed E-state index contributed by atoms with van der Waals surface area (Å²) in [6.45, 7) is 1.24. The van der Waals surface area contributed by atoms with Crippen LogP contribution in [0.1, 0.15) is 25.6 Å². The predicted molar refractivity (Wildman–Crippen MR) is 133 cm³/mol. The molecule has 0 saturated carbocycles. The lowest BCUT2D eigenvalue weighted by Gasteiger charge is -2.33. The average molecular weight is 538 g/mol. The fourth-order valence-electron chi connectivity index (χ4n) is 3.50. The quantitative estimate of drug-likeness (QED) is 0.512. The van der Waals surface area contributed by atoms with Crippen LogP contribution in [0.15, 0.2) is 64.9 Å². The number of halogens is 2. The van der Waals surface area contributed by atoms with E-state index in [1.54, 1.807) is 65.6 Å². The fraction of sp³-hybridized carbons (Fsp3) is 0.217. The van der Waals surface area contributed by atoms with Crippen molar-refractivity contribution in [3.05, 3.63) is 86.7 Å². The van der Waals surface area contributed by atoms with E-state index in [0.717, 1.165) is 16.2 Å². The summed E-state index contributed by atoms with van der Waals surface area (Å²) >= 11 is 12.8. The van der Waals surface area contributed by atoms with E-state index < -0.39 is 10.0 Å². The summed E-state index contributed by atoms with van der Waals surface area (Å²) in [7, 11) is -3.69. The van der Waals surface area contributed by atoms with Gasteiger partial charge in [-0.1, -0.05) is 23.2 Å². The number of benzene rings is 2. The van der Waals surface area contributed by atoms with E-state index in [4.69, 9.17) is 23.2 Å². The number of hydrogen-bond donors (Lipinski definition) is 1. The molecule has 1 fully saturated rings. The fourth-order valence-corrected chi connectivity index (χ4v) is 6.62. The van der Waals surface area contributed by atoms with E-state index in [0.29, 0.717) is 34.3 Å². The first-order valence-electron chi connectivity index (χ1n) is 10.4. The van der Waals surface area contributed by atoms with Gasteiger partial charge in [0.05, 0.1) is 6.54 Å². The van der Waals surface area contributed by atoms with Gasteiger partial charge in [-0.15, -0.1) is 11.3 Å². The van der Waals surface area contributed by atoms with E-state index in [1.165, 1.54) is 4.31 Å². The van der Waals surface area contributed by atoms with Crippen molar-refractivity contribution in [3.63, 3.8) is 0 Å². The summed E-state index contributed by atoms with van der Waals surface area (Å²) < 4.78 is 27.8. The Morgan fingerprint density at radius 2 is 1.38 bits per heavy atom. The van der Waals surface area contributed by atoms with Crippen LogP contribution in [-0.2, 0) is 16.6 Å². The smallest absolute Gasteiger partial charge is 0.253 e. The molecule has 34 heavy (non-hydrogen) atoms. The summed E-state index contributed by atoms with van der Waals surface area (Å²) in [4.78, 5) is 27.3. The number of nitrogens with zero attached hydrogens (tertiary/aromatic N) is 2. The van der Waals surface area contributed by atoms with Crippen LogP contribution in [0.25, 0.3) is 0 Å². The Morgan fingerprint density at radius 3 is 1.97 bits per heavy atom. The normalized spacial score (nSPS) is 14.7. The lowest BCUT2D eigenvalue weighted by Crippen LogP contribution is -2.50. The van der Waals surface area contributed by atoms with E-state index in [2.05, 4.69) is 5.32 Å². The zero-order valence-corrected chi connectivity index (χ0v) is 21.1. The molecule has 2 heterocycles. The van der Waals surface area contributed by atoms with Crippen molar-refractivity contribution in [2.75, 3.05) is 26.2 Å². The molecule has 4 rings (SSSR count). The molecule has 0 bridgehead atoms. The van der Waals surface area contributed by atoms with Gasteiger partial charge in [0.15, 0.2) is 0 Å². The first-order valence-corrected chi connectivity index (χ1v) is 13.4. The Kier molecular flexibility index (Phi) is 7.59. The Bertz CT molecular complexity index is 1280. The van der Waals surface area contributed by atoms with E-state index in [1.807, 2.05) is 0 Å². The number of piperazine rings is 1. The number of sulfonamides is 1. The molecule has 7 nitrogen and oxygen atoms in total. The van der Waals surface area contributed by atoms with Crippen LogP contribution in [0.5, 0.6) is 0 Å². The van der Waals surface area contributed by atoms with Crippen LogP contribution in [-0.4, -0.2) is 55.6 Å². The molecule has 0 atom stereocenters. The van der Waals surface area contributed by atoms with Gasteiger partial charge in [-0.3, -0.25) is 9.59 Å². The predicted octanol–water partition coefficient (Wildman–Crippen LogP) is 4.13. The van der Waals surface area contributed by atoms with Gasteiger partial charge in [-0.25, -0.2) is 8.42 Å². The van der Waals surface area contributed by atoms with Crippen molar-refractivity contribution in [2.24, 2.45) is 0 Å². The van der Waals surface area contributed by atoms with Crippen LogP contribution >= 0.6 is 34.5 Å². The van der Waals surface area contributed by atoms with Gasteiger partial charge < -0.3 is 10.2 Å². The van der Waals surface area contributed by atoms with Crippen LogP contribution in [0, 0.1) is 0 Å². The third-order valence-corrected chi connectivity index (χ3v) is 9.33. The Morgan fingerprint density at radius 1 is 0.824 bits per heavy atom. The molecule has 11 heteroatoms. The number of nitrogens with one attached hydrogen (secondary N) is 1. The summed E-state index contributed by atoms with van der Waals surface area (Å²) in [6.07, 6.45) is 0. The minimum Gasteiger partial charge on any atom is -0.347 e. The average Bonchev–Trinajstić information content (AvgIpc) is 3.33. The first kappa shape index (κ1) is 24.7. The van der Waals surface area contributed by atoms with Crippen molar-refractivity contribution in [1.29, 1.82) is 0 Å². The largest absolute Gasteiger partial charge is 0.347 e. The molecule has 0 radical (unpaired) electrons. The number of thiophene rings is 1. The van der Waals surface area contributed by atoms with Crippen LogP contribution < -0.4 is 5.32 Å². The summed E-state index contributed by atoms with van der Waals surface area (Å²) in [6, 6.07) is 16.4. The maximum absolute atomic E-state index is 13.1.